The second-order valence-electron chi connectivity index (χ2n) is 5.05. The topological polar surface area (TPSA) is 52.6 Å². The molecular formula is C12H16O4. The Balaban J connectivity index is 1.81. The monoisotopic (exact) mass is 224 g/mol. The van der Waals surface area contributed by atoms with Crippen molar-refractivity contribution in [3.8, 4) is 0 Å². The molecular weight excluding hydrogens is 208 g/mol. The lowest BCUT2D eigenvalue weighted by atomic mass is 9.63. The van der Waals surface area contributed by atoms with Gasteiger partial charge < -0.3 is 9.47 Å². The molecule has 3 saturated carbocycles. The molecule has 0 amide bonds. The zero-order valence-corrected chi connectivity index (χ0v) is 9.35. The van der Waals surface area contributed by atoms with Gasteiger partial charge in [-0.2, -0.15) is 0 Å². The number of rotatable bonds is 2. The highest BCUT2D eigenvalue weighted by molar-refractivity contribution is 5.76. The summed E-state index contributed by atoms with van der Waals surface area (Å²) in [6.45, 7) is 1.78. The van der Waals surface area contributed by atoms with Gasteiger partial charge in [-0.3, -0.25) is 9.59 Å². The fourth-order valence-corrected chi connectivity index (χ4v) is 3.48. The molecule has 3 aliphatic carbocycles. The Morgan fingerprint density at radius 2 is 2.31 bits per heavy atom. The number of carbonyl (C=O) groups excluding carboxylic acids is 2. The molecule has 0 aromatic carbocycles. The van der Waals surface area contributed by atoms with Crippen LogP contribution in [0.4, 0.5) is 0 Å². The van der Waals surface area contributed by atoms with E-state index in [9.17, 15) is 9.59 Å². The van der Waals surface area contributed by atoms with Crippen molar-refractivity contribution in [3.63, 3.8) is 0 Å². The summed E-state index contributed by atoms with van der Waals surface area (Å²) >= 11 is 0. The second kappa shape index (κ2) is 3.47. The molecule has 0 aromatic rings. The second-order valence-corrected chi connectivity index (χ2v) is 5.05. The van der Waals surface area contributed by atoms with Gasteiger partial charge in [-0.15, -0.1) is 0 Å². The van der Waals surface area contributed by atoms with Gasteiger partial charge in [-0.05, 0) is 19.3 Å². The van der Waals surface area contributed by atoms with E-state index in [0.717, 1.165) is 19.3 Å². The van der Waals surface area contributed by atoms with E-state index in [2.05, 4.69) is 0 Å². The molecule has 4 fully saturated rings. The van der Waals surface area contributed by atoms with Crippen LogP contribution < -0.4 is 0 Å². The molecule has 0 spiro atoms. The predicted molar refractivity (Wildman–Crippen MR) is 54.4 cm³/mol. The van der Waals surface area contributed by atoms with Crippen LogP contribution in [-0.2, 0) is 19.1 Å². The minimum Gasteiger partial charge on any atom is -0.458 e. The number of esters is 2. The van der Waals surface area contributed by atoms with Gasteiger partial charge in [0.25, 0.3) is 0 Å². The third-order valence-electron chi connectivity index (χ3n) is 4.27. The number of ether oxygens (including phenoxy) is 2. The van der Waals surface area contributed by atoms with Gasteiger partial charge in [0, 0.05) is 18.3 Å². The van der Waals surface area contributed by atoms with Gasteiger partial charge in [-0.1, -0.05) is 6.92 Å². The summed E-state index contributed by atoms with van der Waals surface area (Å²) < 4.78 is 10.8. The first-order valence-electron chi connectivity index (χ1n) is 6.10. The maximum atomic E-state index is 11.6. The van der Waals surface area contributed by atoms with Crippen LogP contribution in [0.25, 0.3) is 0 Å². The molecule has 1 aliphatic heterocycles. The van der Waals surface area contributed by atoms with E-state index >= 15 is 0 Å². The maximum Gasteiger partial charge on any atom is 0.309 e. The third-order valence-corrected chi connectivity index (χ3v) is 4.27. The minimum atomic E-state index is -0.183. The van der Waals surface area contributed by atoms with Crippen LogP contribution in [0.5, 0.6) is 0 Å². The predicted octanol–water partition coefficient (Wildman–Crippen LogP) is 1.28. The van der Waals surface area contributed by atoms with Crippen LogP contribution >= 0.6 is 0 Å². The fraction of sp³-hybridized carbons (Fsp3) is 0.833. The van der Waals surface area contributed by atoms with E-state index in [1.807, 2.05) is 0 Å². The summed E-state index contributed by atoms with van der Waals surface area (Å²) in [5, 5.41) is 0. The Kier molecular flexibility index (Phi) is 2.19. The lowest BCUT2D eigenvalue weighted by Crippen LogP contribution is -2.50. The summed E-state index contributed by atoms with van der Waals surface area (Å²) in [5.74, 6) is 0.459. The van der Waals surface area contributed by atoms with Gasteiger partial charge in [0.15, 0.2) is 0 Å². The van der Waals surface area contributed by atoms with Crippen molar-refractivity contribution in [3.05, 3.63) is 0 Å². The maximum absolute atomic E-state index is 11.6. The highest BCUT2D eigenvalue weighted by atomic mass is 16.6. The Morgan fingerprint density at radius 1 is 1.50 bits per heavy atom. The molecule has 1 saturated heterocycles. The highest BCUT2D eigenvalue weighted by Gasteiger charge is 2.59. The highest BCUT2D eigenvalue weighted by Crippen LogP contribution is 2.52. The molecule has 4 bridgehead atoms. The third kappa shape index (κ3) is 1.28. The van der Waals surface area contributed by atoms with E-state index in [0.29, 0.717) is 18.3 Å². The van der Waals surface area contributed by atoms with Crippen molar-refractivity contribution in [2.45, 2.75) is 44.8 Å². The quantitative estimate of drug-likeness (QED) is 0.663. The van der Waals surface area contributed by atoms with Crippen LogP contribution in [-0.4, -0.2) is 24.1 Å². The first-order valence-corrected chi connectivity index (χ1v) is 6.10. The minimum absolute atomic E-state index is 0.0743. The van der Waals surface area contributed by atoms with E-state index in [4.69, 9.17) is 9.47 Å². The van der Waals surface area contributed by atoms with Gasteiger partial charge in [0.1, 0.15) is 12.2 Å². The molecule has 88 valence electrons. The van der Waals surface area contributed by atoms with Crippen LogP contribution in [0.1, 0.15) is 32.6 Å². The zero-order valence-electron chi connectivity index (χ0n) is 9.35. The van der Waals surface area contributed by atoms with Gasteiger partial charge in [0.2, 0.25) is 0 Å². The van der Waals surface area contributed by atoms with Crippen LogP contribution in [0.3, 0.4) is 0 Å². The number of fused-ring (bicyclic) bond motifs is 1. The lowest BCUT2D eigenvalue weighted by molar-refractivity contribution is -0.172. The average molecular weight is 224 g/mol. The van der Waals surface area contributed by atoms with Crippen LogP contribution in [0, 0.1) is 17.8 Å². The van der Waals surface area contributed by atoms with Crippen molar-refractivity contribution in [1.29, 1.82) is 0 Å². The largest absolute Gasteiger partial charge is 0.458 e. The molecule has 4 rings (SSSR count). The molecule has 0 radical (unpaired) electrons. The number of carbonyl (C=O) groups is 2. The van der Waals surface area contributed by atoms with Gasteiger partial charge >= 0.3 is 11.9 Å². The van der Waals surface area contributed by atoms with Crippen molar-refractivity contribution in [2.75, 3.05) is 0 Å². The van der Waals surface area contributed by atoms with Crippen LogP contribution in [0.2, 0.25) is 0 Å². The van der Waals surface area contributed by atoms with E-state index in [1.54, 1.807) is 6.92 Å². The molecule has 5 unspecified atom stereocenters. The zero-order chi connectivity index (χ0) is 11.3. The van der Waals surface area contributed by atoms with E-state index in [1.165, 1.54) is 0 Å². The number of hydrogen-bond acceptors (Lipinski definition) is 4. The summed E-state index contributed by atoms with van der Waals surface area (Å²) in [7, 11) is 0. The molecule has 4 aliphatic rings. The molecule has 5 atom stereocenters. The summed E-state index contributed by atoms with van der Waals surface area (Å²) in [4.78, 5) is 22.9. The SMILES string of the molecule is CCC(=O)OC1C2CCC3C(C2)C(=O)OC31. The lowest BCUT2D eigenvalue weighted by Gasteiger charge is -2.43. The summed E-state index contributed by atoms with van der Waals surface area (Å²) in [5.41, 5.74) is 0. The average Bonchev–Trinajstić information content (AvgIpc) is 2.58. The molecule has 4 nitrogen and oxygen atoms in total. The standard InChI is InChI=1S/C12H16O4/c1-2-9(13)15-10-6-3-4-7-8(5-6)12(14)16-11(7)10/h6-8,10-11H,2-5H2,1H3. The van der Waals surface area contributed by atoms with Crippen molar-refractivity contribution >= 4 is 11.9 Å². The Labute approximate surface area is 94.3 Å². The molecule has 0 N–H and O–H groups in total. The smallest absolute Gasteiger partial charge is 0.309 e. The molecule has 4 heteroatoms. The fourth-order valence-electron chi connectivity index (χ4n) is 3.48. The Morgan fingerprint density at radius 3 is 3.06 bits per heavy atom. The molecule has 16 heavy (non-hydrogen) atoms. The first-order chi connectivity index (χ1) is 7.70. The van der Waals surface area contributed by atoms with Crippen molar-refractivity contribution < 1.29 is 19.1 Å². The summed E-state index contributed by atoms with van der Waals surface area (Å²) in [6.07, 6.45) is 3.02. The molecule has 1 heterocycles. The van der Waals surface area contributed by atoms with Crippen molar-refractivity contribution in [2.24, 2.45) is 17.8 Å². The van der Waals surface area contributed by atoms with E-state index < -0.39 is 0 Å². The van der Waals surface area contributed by atoms with Crippen LogP contribution in [0.15, 0.2) is 0 Å². The van der Waals surface area contributed by atoms with Crippen molar-refractivity contribution in [1.82, 2.24) is 0 Å². The summed E-state index contributed by atoms with van der Waals surface area (Å²) in [6, 6.07) is 0. The Bertz CT molecular complexity index is 338. The van der Waals surface area contributed by atoms with E-state index in [-0.39, 0.29) is 30.1 Å². The van der Waals surface area contributed by atoms with Gasteiger partial charge in [-0.25, -0.2) is 0 Å². The normalized spacial score (nSPS) is 44.3. The van der Waals surface area contributed by atoms with Gasteiger partial charge in [0.05, 0.1) is 5.92 Å². The Hall–Kier alpha value is -1.06. The number of hydrogen-bond donors (Lipinski definition) is 0. The first kappa shape index (κ1) is 10.1. The molecule has 0 aromatic heterocycles.